The number of piperazine rings is 1. The van der Waals surface area contributed by atoms with Gasteiger partial charge in [-0.1, -0.05) is 49.4 Å². The lowest BCUT2D eigenvalue weighted by atomic mass is 9.93. The summed E-state index contributed by atoms with van der Waals surface area (Å²) in [5.41, 5.74) is 8.61. The number of carbonyl (C=O) groups is 2. The first-order valence-electron chi connectivity index (χ1n) is 14.5. The van der Waals surface area contributed by atoms with Crippen LogP contribution < -0.4 is 21.1 Å². The van der Waals surface area contributed by atoms with Gasteiger partial charge in [0.2, 0.25) is 5.88 Å². The van der Waals surface area contributed by atoms with Crippen molar-refractivity contribution < 1.29 is 18.8 Å². The van der Waals surface area contributed by atoms with E-state index in [-0.39, 0.29) is 17.5 Å². The number of ether oxygens (including phenoxy) is 1. The Balaban J connectivity index is 0.954. The maximum atomic E-state index is 12.5. The molecule has 228 valence electrons. The fourth-order valence-electron chi connectivity index (χ4n) is 5.84. The first-order valence-corrected chi connectivity index (χ1v) is 15.3. The predicted octanol–water partition coefficient (Wildman–Crippen LogP) is 4.76. The molecule has 2 aliphatic rings. The Morgan fingerprint density at radius 2 is 1.91 bits per heavy atom. The minimum absolute atomic E-state index is 0.200. The van der Waals surface area contributed by atoms with Gasteiger partial charge < -0.3 is 25.2 Å². The number of hydrogen-bond donors (Lipinski definition) is 3. The number of anilines is 2. The van der Waals surface area contributed by atoms with Gasteiger partial charge in [0.05, 0.1) is 11.2 Å². The topological polar surface area (TPSA) is 156 Å². The molecule has 4 N–H and O–H groups in total. The van der Waals surface area contributed by atoms with Crippen LogP contribution in [-0.4, -0.2) is 79.7 Å². The fourth-order valence-corrected chi connectivity index (χ4v) is 6.81. The zero-order chi connectivity index (χ0) is 30.6. The van der Waals surface area contributed by atoms with E-state index >= 15 is 0 Å². The average Bonchev–Trinajstić information content (AvgIpc) is 3.79. The summed E-state index contributed by atoms with van der Waals surface area (Å²) in [6.07, 6.45) is 2.96. The Morgan fingerprint density at radius 1 is 1.09 bits per heavy atom. The second-order valence-corrected chi connectivity index (χ2v) is 13.2. The Hall–Kier alpha value is -4.69. The Kier molecular flexibility index (Phi) is 6.89. The van der Waals surface area contributed by atoms with Crippen molar-refractivity contribution in [2.24, 2.45) is 5.73 Å². The van der Waals surface area contributed by atoms with Crippen LogP contribution in [0.15, 0.2) is 53.2 Å². The van der Waals surface area contributed by atoms with Gasteiger partial charge >= 0.3 is 12.1 Å². The van der Waals surface area contributed by atoms with Gasteiger partial charge in [0.25, 0.3) is 0 Å². The number of rotatable bonds is 7. The highest BCUT2D eigenvalue weighted by molar-refractivity contribution is 7.23. The van der Waals surface area contributed by atoms with Gasteiger partial charge in [-0.3, -0.25) is 14.6 Å². The standard InChI is InChI=1S/C30H33N9O4S/c1-30(2,3)23-13-24(36-43-23)34-28(41)32-18-6-4-17(5-7-18)21-16-39-22-8-9-25(35-26(22)44-29(39)33-21)42-11-10-37-14-20-12-19(37)15-38(20)27(31)40/h4-9,13,16,19-20H,10-12,14-15H2,1-3H3,(H2,31,40)(H2,32,34,36,41)/t19-,20+/m1/s1. The number of urea groups is 2. The molecule has 2 saturated heterocycles. The molecule has 2 bridgehead atoms. The number of thiazole rings is 1. The van der Waals surface area contributed by atoms with Gasteiger partial charge in [0.15, 0.2) is 10.8 Å². The number of pyridine rings is 1. The lowest BCUT2D eigenvalue weighted by Gasteiger charge is -2.32. The first-order chi connectivity index (χ1) is 21.1. The molecule has 0 aliphatic carbocycles. The van der Waals surface area contributed by atoms with Crippen molar-refractivity contribution >= 4 is 50.2 Å². The highest BCUT2D eigenvalue weighted by Gasteiger charge is 2.44. The van der Waals surface area contributed by atoms with Crippen molar-refractivity contribution in [1.82, 2.24) is 29.3 Å². The van der Waals surface area contributed by atoms with Crippen LogP contribution in [0.4, 0.5) is 21.1 Å². The number of nitrogens with one attached hydrogen (secondary N) is 2. The third kappa shape index (κ3) is 5.42. The van der Waals surface area contributed by atoms with Crippen LogP contribution in [0.3, 0.4) is 0 Å². The Bertz CT molecular complexity index is 1860. The van der Waals surface area contributed by atoms with E-state index in [4.69, 9.17) is 25.0 Å². The third-order valence-electron chi connectivity index (χ3n) is 8.13. The minimum Gasteiger partial charge on any atom is -0.476 e. The number of benzene rings is 1. The zero-order valence-corrected chi connectivity index (χ0v) is 25.4. The first kappa shape index (κ1) is 28.1. The monoisotopic (exact) mass is 615 g/mol. The number of hydrogen-bond acceptors (Lipinski definition) is 9. The van der Waals surface area contributed by atoms with Crippen LogP contribution in [0.2, 0.25) is 0 Å². The summed E-state index contributed by atoms with van der Waals surface area (Å²) in [6, 6.07) is 12.9. The highest BCUT2D eigenvalue weighted by atomic mass is 32.1. The summed E-state index contributed by atoms with van der Waals surface area (Å²) >= 11 is 1.50. The van der Waals surface area contributed by atoms with Gasteiger partial charge in [-0.05, 0) is 24.6 Å². The van der Waals surface area contributed by atoms with E-state index in [2.05, 4.69) is 20.7 Å². The molecule has 0 unspecified atom stereocenters. The van der Waals surface area contributed by atoms with E-state index in [1.807, 2.05) is 67.8 Å². The molecule has 2 atom stereocenters. The van der Waals surface area contributed by atoms with Gasteiger partial charge in [-0.15, -0.1) is 0 Å². The molecule has 5 aromatic rings. The van der Waals surface area contributed by atoms with E-state index in [0.29, 0.717) is 42.3 Å². The molecule has 14 heteroatoms. The second-order valence-electron chi connectivity index (χ2n) is 12.2. The molecule has 13 nitrogen and oxygen atoms in total. The van der Waals surface area contributed by atoms with Crippen molar-refractivity contribution in [3.63, 3.8) is 0 Å². The van der Waals surface area contributed by atoms with Crippen molar-refractivity contribution in [1.29, 1.82) is 0 Å². The maximum absolute atomic E-state index is 12.5. The number of imidazole rings is 1. The van der Waals surface area contributed by atoms with Crippen molar-refractivity contribution in [3.8, 4) is 17.1 Å². The summed E-state index contributed by atoms with van der Waals surface area (Å²) in [5, 5.41) is 9.43. The molecule has 0 spiro atoms. The Labute approximate surface area is 257 Å². The van der Waals surface area contributed by atoms with Crippen LogP contribution >= 0.6 is 11.3 Å². The number of fused-ring (bicyclic) bond motifs is 5. The van der Waals surface area contributed by atoms with E-state index in [0.717, 1.165) is 46.1 Å². The number of aromatic nitrogens is 4. The number of amides is 4. The molecule has 2 aliphatic heterocycles. The molecule has 6 heterocycles. The fraction of sp³-hybridized carbons (Fsp3) is 0.367. The quantitative estimate of drug-likeness (QED) is 0.237. The summed E-state index contributed by atoms with van der Waals surface area (Å²) < 4.78 is 13.3. The molecule has 4 aromatic heterocycles. The molecule has 4 amide bonds. The van der Waals surface area contributed by atoms with Crippen LogP contribution in [0.1, 0.15) is 33.0 Å². The van der Waals surface area contributed by atoms with E-state index in [1.54, 1.807) is 11.0 Å². The molecule has 0 radical (unpaired) electrons. The summed E-state index contributed by atoms with van der Waals surface area (Å²) in [4.78, 5) is 39.3. The smallest absolute Gasteiger partial charge is 0.324 e. The molecular formula is C30H33N9O4S. The van der Waals surface area contributed by atoms with Crippen LogP contribution in [0, 0.1) is 0 Å². The summed E-state index contributed by atoms with van der Waals surface area (Å²) in [7, 11) is 0. The molecule has 7 rings (SSSR count). The maximum Gasteiger partial charge on any atom is 0.324 e. The number of carbonyl (C=O) groups excluding carboxylic acids is 2. The third-order valence-corrected chi connectivity index (χ3v) is 9.10. The number of nitrogens with two attached hydrogens (primary N) is 1. The highest BCUT2D eigenvalue weighted by Crippen LogP contribution is 2.32. The van der Waals surface area contributed by atoms with Crippen molar-refractivity contribution in [2.75, 3.05) is 36.9 Å². The zero-order valence-electron chi connectivity index (χ0n) is 24.6. The lowest BCUT2D eigenvalue weighted by molar-refractivity contribution is 0.126. The molecular weight excluding hydrogens is 582 g/mol. The Morgan fingerprint density at radius 3 is 2.61 bits per heavy atom. The molecule has 44 heavy (non-hydrogen) atoms. The van der Waals surface area contributed by atoms with Crippen LogP contribution in [-0.2, 0) is 5.41 Å². The van der Waals surface area contributed by atoms with Gasteiger partial charge in [-0.25, -0.2) is 19.6 Å². The largest absolute Gasteiger partial charge is 0.476 e. The average molecular weight is 616 g/mol. The SMILES string of the molecule is CC(C)(C)c1cc(NC(=O)Nc2ccc(-c3cn4c(n3)sc3nc(OCCN5C[C@@H]6C[C@@H]5CN6C(N)=O)ccc34)cc2)no1. The van der Waals surface area contributed by atoms with E-state index in [1.165, 1.54) is 11.3 Å². The van der Waals surface area contributed by atoms with Gasteiger partial charge in [0, 0.05) is 66.7 Å². The van der Waals surface area contributed by atoms with Gasteiger partial charge in [0.1, 0.15) is 17.2 Å². The van der Waals surface area contributed by atoms with Crippen LogP contribution in [0.5, 0.6) is 5.88 Å². The van der Waals surface area contributed by atoms with Gasteiger partial charge in [-0.2, -0.15) is 0 Å². The van der Waals surface area contributed by atoms with Crippen molar-refractivity contribution in [3.05, 3.63) is 54.4 Å². The van der Waals surface area contributed by atoms with E-state index < -0.39 is 6.03 Å². The minimum atomic E-state index is -0.407. The normalized spacial score (nSPS) is 18.4. The molecule has 2 fully saturated rings. The second kappa shape index (κ2) is 10.8. The summed E-state index contributed by atoms with van der Waals surface area (Å²) in [5.74, 6) is 1.63. The number of primary amides is 1. The van der Waals surface area contributed by atoms with Crippen LogP contribution in [0.25, 0.3) is 26.6 Å². The number of nitrogens with zero attached hydrogens (tertiary/aromatic N) is 6. The van der Waals surface area contributed by atoms with E-state index in [9.17, 15) is 9.59 Å². The molecule has 0 saturated carbocycles. The predicted molar refractivity (Wildman–Crippen MR) is 167 cm³/mol. The lowest BCUT2D eigenvalue weighted by Crippen LogP contribution is -2.51. The van der Waals surface area contributed by atoms with Crippen molar-refractivity contribution in [2.45, 2.75) is 44.7 Å². The number of likely N-dealkylation sites (tertiary alicyclic amines) is 2. The summed E-state index contributed by atoms with van der Waals surface area (Å²) in [6.45, 7) is 8.87. The molecule has 1 aromatic carbocycles.